The number of anilines is 3. The molecule has 2 aliphatic heterocycles. The van der Waals surface area contributed by atoms with E-state index >= 15 is 0 Å². The zero-order valence-corrected chi connectivity index (χ0v) is 34.6. The van der Waals surface area contributed by atoms with Crippen LogP contribution in [0.25, 0.3) is 60.9 Å². The lowest BCUT2D eigenvalue weighted by Gasteiger charge is -2.42. The number of benzene rings is 8. The molecule has 0 atom stereocenters. The van der Waals surface area contributed by atoms with E-state index in [4.69, 9.17) is 0 Å². The van der Waals surface area contributed by atoms with Crippen LogP contribution in [0.3, 0.4) is 0 Å². The van der Waals surface area contributed by atoms with Crippen LogP contribution in [-0.2, 0) is 16.2 Å². The molecule has 2 heteroatoms. The molecule has 0 amide bonds. The summed E-state index contributed by atoms with van der Waals surface area (Å²) >= 11 is 0. The molecule has 9 aromatic rings. The van der Waals surface area contributed by atoms with Crippen molar-refractivity contribution in [3.05, 3.63) is 203 Å². The molecule has 1 aromatic heterocycles. The molecule has 0 radical (unpaired) electrons. The molecule has 3 aliphatic rings. The van der Waals surface area contributed by atoms with E-state index in [0.717, 1.165) is 17.1 Å². The SMILES string of the molecule is CC1(C)c2ccccc2-c2ccc(-c3cc4c5c(c3)c3cc(-c6ccc(N(c7ccccc7)c7ccccc7)cc6)cc6c3n5-c3c(cccc3C4(C)C)C6(C)C)cc21. The Labute approximate surface area is 347 Å². The average molecular weight is 759 g/mol. The Balaban J connectivity index is 1.09. The van der Waals surface area contributed by atoms with Crippen molar-refractivity contribution in [2.45, 2.75) is 57.8 Å². The van der Waals surface area contributed by atoms with Gasteiger partial charge in [0.1, 0.15) is 0 Å². The average Bonchev–Trinajstić information content (AvgIpc) is 3.71. The Kier molecular flexibility index (Phi) is 6.84. The third-order valence-electron chi connectivity index (χ3n) is 14.3. The first-order valence-corrected chi connectivity index (χ1v) is 21.1. The van der Waals surface area contributed by atoms with Crippen LogP contribution in [0.15, 0.2) is 170 Å². The molecule has 284 valence electrons. The predicted octanol–water partition coefficient (Wildman–Crippen LogP) is 15.2. The number of hydrogen-bond acceptors (Lipinski definition) is 1. The van der Waals surface area contributed by atoms with Crippen molar-refractivity contribution in [2.24, 2.45) is 0 Å². The Bertz CT molecular complexity index is 3170. The van der Waals surface area contributed by atoms with Gasteiger partial charge in [-0.15, -0.1) is 0 Å². The van der Waals surface area contributed by atoms with Crippen LogP contribution in [0, 0.1) is 0 Å². The third-order valence-corrected chi connectivity index (χ3v) is 14.3. The van der Waals surface area contributed by atoms with Gasteiger partial charge >= 0.3 is 0 Å². The number of para-hydroxylation sites is 3. The highest BCUT2D eigenvalue weighted by atomic mass is 15.1. The molecular formula is C57H46N2. The number of rotatable bonds is 5. The molecule has 0 saturated heterocycles. The van der Waals surface area contributed by atoms with Gasteiger partial charge < -0.3 is 9.47 Å². The van der Waals surface area contributed by atoms with Gasteiger partial charge in [-0.25, -0.2) is 0 Å². The Morgan fingerprint density at radius 3 is 1.37 bits per heavy atom. The first kappa shape index (κ1) is 34.4. The Hall–Kier alpha value is -6.64. The van der Waals surface area contributed by atoms with Gasteiger partial charge in [0, 0.05) is 44.1 Å². The van der Waals surface area contributed by atoms with Crippen molar-refractivity contribution in [3.8, 4) is 39.1 Å². The maximum atomic E-state index is 2.65. The van der Waals surface area contributed by atoms with E-state index in [1.54, 1.807) is 0 Å². The molecule has 12 rings (SSSR count). The van der Waals surface area contributed by atoms with Crippen LogP contribution in [-0.4, -0.2) is 4.57 Å². The zero-order chi connectivity index (χ0) is 40.0. The number of fused-ring (bicyclic) bond motifs is 4. The summed E-state index contributed by atoms with van der Waals surface area (Å²) < 4.78 is 2.65. The lowest BCUT2D eigenvalue weighted by atomic mass is 9.68. The molecule has 0 fully saturated rings. The maximum Gasteiger partial charge on any atom is 0.0582 e. The lowest BCUT2D eigenvalue weighted by Crippen LogP contribution is -2.33. The molecule has 0 unspecified atom stereocenters. The predicted molar refractivity (Wildman–Crippen MR) is 248 cm³/mol. The summed E-state index contributed by atoms with van der Waals surface area (Å²) in [5.41, 5.74) is 23.2. The summed E-state index contributed by atoms with van der Waals surface area (Å²) in [6.45, 7) is 14.5. The summed E-state index contributed by atoms with van der Waals surface area (Å²) in [6, 6.07) is 63.7. The van der Waals surface area contributed by atoms with Crippen molar-refractivity contribution >= 4 is 38.9 Å². The van der Waals surface area contributed by atoms with E-state index in [-0.39, 0.29) is 16.2 Å². The highest BCUT2D eigenvalue weighted by Gasteiger charge is 2.44. The first-order chi connectivity index (χ1) is 28.5. The third kappa shape index (κ3) is 4.58. The summed E-state index contributed by atoms with van der Waals surface area (Å²) in [4.78, 5) is 2.33. The molecule has 8 aromatic carbocycles. The normalized spacial score (nSPS) is 15.7. The second kappa shape index (κ2) is 11.7. The van der Waals surface area contributed by atoms with Gasteiger partial charge in [0.15, 0.2) is 0 Å². The number of nitrogens with zero attached hydrogens (tertiary/aromatic N) is 2. The molecule has 0 bridgehead atoms. The van der Waals surface area contributed by atoms with Crippen molar-refractivity contribution in [3.63, 3.8) is 0 Å². The molecular weight excluding hydrogens is 713 g/mol. The van der Waals surface area contributed by atoms with E-state index in [2.05, 4.69) is 221 Å². The topological polar surface area (TPSA) is 8.17 Å². The summed E-state index contributed by atoms with van der Waals surface area (Å²) in [5.74, 6) is 0. The second-order valence-corrected chi connectivity index (χ2v) is 18.6. The molecule has 0 saturated carbocycles. The number of hydrogen-bond donors (Lipinski definition) is 0. The fourth-order valence-corrected chi connectivity index (χ4v) is 11.2. The Morgan fingerprint density at radius 1 is 0.339 bits per heavy atom. The minimum absolute atomic E-state index is 0.0617. The quantitative estimate of drug-likeness (QED) is 0.170. The van der Waals surface area contributed by atoms with E-state index in [0.29, 0.717) is 0 Å². The lowest BCUT2D eigenvalue weighted by molar-refractivity contribution is 0.594. The van der Waals surface area contributed by atoms with Gasteiger partial charge in [0.2, 0.25) is 0 Å². The van der Waals surface area contributed by atoms with Crippen molar-refractivity contribution in [2.75, 3.05) is 4.90 Å². The van der Waals surface area contributed by atoms with Crippen LogP contribution in [0.4, 0.5) is 17.1 Å². The molecule has 1 aliphatic carbocycles. The van der Waals surface area contributed by atoms with E-state index in [1.165, 1.54) is 94.3 Å². The van der Waals surface area contributed by atoms with Crippen LogP contribution in [0.2, 0.25) is 0 Å². The second-order valence-electron chi connectivity index (χ2n) is 18.6. The van der Waals surface area contributed by atoms with Gasteiger partial charge in [-0.1, -0.05) is 145 Å². The summed E-state index contributed by atoms with van der Waals surface area (Å²) in [5, 5.41) is 2.66. The first-order valence-electron chi connectivity index (χ1n) is 21.1. The summed E-state index contributed by atoms with van der Waals surface area (Å²) in [6.07, 6.45) is 0. The van der Waals surface area contributed by atoms with Gasteiger partial charge in [-0.05, 0) is 133 Å². The molecule has 59 heavy (non-hydrogen) atoms. The van der Waals surface area contributed by atoms with Crippen LogP contribution in [0.5, 0.6) is 0 Å². The fraction of sp³-hybridized carbons (Fsp3) is 0.158. The highest BCUT2D eigenvalue weighted by Crippen LogP contribution is 2.57. The largest absolute Gasteiger partial charge is 0.311 e. The molecule has 2 nitrogen and oxygen atoms in total. The summed E-state index contributed by atoms with van der Waals surface area (Å²) in [7, 11) is 0. The van der Waals surface area contributed by atoms with Crippen LogP contribution >= 0.6 is 0 Å². The molecule has 3 heterocycles. The van der Waals surface area contributed by atoms with Crippen LogP contribution in [0.1, 0.15) is 74.9 Å². The minimum atomic E-state index is -0.196. The molecule has 0 N–H and O–H groups in total. The van der Waals surface area contributed by atoms with Crippen molar-refractivity contribution in [1.82, 2.24) is 4.57 Å². The maximum absolute atomic E-state index is 2.65. The van der Waals surface area contributed by atoms with Gasteiger partial charge in [-0.2, -0.15) is 0 Å². The van der Waals surface area contributed by atoms with Gasteiger partial charge in [0.25, 0.3) is 0 Å². The standard InChI is InChI=1S/C57H46N2/c1-55(2)46-21-14-13-20-42(46)43-29-26-36(32-49(43)55)38-31-45-44-30-37(35-24-27-41(28-25-35)58(39-16-9-7-10-17-39)40-18-11-8-12-19-40)33-50-52(44)59-53(45)51(34-38)57(5,6)48-23-15-22-47(54(48)59)56(50,3)4/h7-34H,1-6H3. The monoisotopic (exact) mass is 758 g/mol. The van der Waals surface area contributed by atoms with Crippen LogP contribution < -0.4 is 4.90 Å². The fourth-order valence-electron chi connectivity index (χ4n) is 11.2. The van der Waals surface area contributed by atoms with Gasteiger partial charge in [0.05, 0.1) is 16.7 Å². The molecule has 0 spiro atoms. The minimum Gasteiger partial charge on any atom is -0.311 e. The van der Waals surface area contributed by atoms with E-state index in [9.17, 15) is 0 Å². The Morgan fingerprint density at radius 2 is 0.780 bits per heavy atom. The van der Waals surface area contributed by atoms with Gasteiger partial charge in [-0.3, -0.25) is 0 Å². The number of aromatic nitrogens is 1. The van der Waals surface area contributed by atoms with E-state index in [1.807, 2.05) is 0 Å². The van der Waals surface area contributed by atoms with E-state index < -0.39 is 0 Å². The zero-order valence-electron chi connectivity index (χ0n) is 34.6. The smallest absolute Gasteiger partial charge is 0.0582 e. The highest BCUT2D eigenvalue weighted by molar-refractivity contribution is 6.16. The van der Waals surface area contributed by atoms with Crippen molar-refractivity contribution < 1.29 is 0 Å². The van der Waals surface area contributed by atoms with Crippen molar-refractivity contribution in [1.29, 1.82) is 0 Å².